The number of aryl methyl sites for hydroxylation is 1. The lowest BCUT2D eigenvalue weighted by Gasteiger charge is -2.39. The van der Waals surface area contributed by atoms with Crippen LogP contribution in [0.3, 0.4) is 0 Å². The van der Waals surface area contributed by atoms with Crippen molar-refractivity contribution in [3.63, 3.8) is 0 Å². The average molecular weight is 318 g/mol. The molecule has 1 aromatic carbocycles. The van der Waals surface area contributed by atoms with Crippen molar-refractivity contribution in [2.45, 2.75) is 77.5 Å². The molecule has 1 aromatic rings. The molecule has 0 spiro atoms. The quantitative estimate of drug-likeness (QED) is 0.620. The normalized spacial score (nSPS) is 29.0. The van der Waals surface area contributed by atoms with Crippen LogP contribution < -0.4 is 4.74 Å². The Balaban J connectivity index is 1.54. The summed E-state index contributed by atoms with van der Waals surface area (Å²) in [5.74, 6) is 0.876. The van der Waals surface area contributed by atoms with Crippen LogP contribution in [0.25, 0.3) is 0 Å². The van der Waals surface area contributed by atoms with Crippen LogP contribution in [-0.2, 0) is 0 Å². The van der Waals surface area contributed by atoms with Crippen LogP contribution in [0.1, 0.15) is 70.3 Å². The lowest BCUT2D eigenvalue weighted by molar-refractivity contribution is -0.110. The SMILES string of the molecule is Cc1ccc(O[C@](C)(F)C2CCC(C3CCCCC3)CC2)cc1. The molecule has 0 aliphatic heterocycles. The first-order chi connectivity index (χ1) is 11.0. The molecule has 3 rings (SSSR count). The molecule has 0 bridgehead atoms. The topological polar surface area (TPSA) is 9.23 Å². The van der Waals surface area contributed by atoms with Crippen molar-refractivity contribution in [3.05, 3.63) is 29.8 Å². The molecule has 128 valence electrons. The third-order valence-corrected chi connectivity index (χ3v) is 6.16. The molecule has 2 heteroatoms. The summed E-state index contributed by atoms with van der Waals surface area (Å²) >= 11 is 0. The van der Waals surface area contributed by atoms with Gasteiger partial charge in [-0.3, -0.25) is 0 Å². The van der Waals surface area contributed by atoms with Crippen LogP contribution >= 0.6 is 0 Å². The summed E-state index contributed by atoms with van der Waals surface area (Å²) in [4.78, 5) is 0. The van der Waals surface area contributed by atoms with Gasteiger partial charge in [0.1, 0.15) is 5.75 Å². The molecule has 23 heavy (non-hydrogen) atoms. The Kier molecular flexibility index (Phi) is 5.28. The average Bonchev–Trinajstić information content (AvgIpc) is 2.58. The number of benzene rings is 1. The van der Waals surface area contributed by atoms with Gasteiger partial charge in [-0.05, 0) is 56.6 Å². The minimum Gasteiger partial charge on any atom is -0.458 e. The minimum atomic E-state index is -1.55. The molecular formula is C21H31FO. The van der Waals surface area contributed by atoms with E-state index in [1.54, 1.807) is 6.92 Å². The standard InChI is InChI=1S/C21H31FO/c1-16-8-14-20(15-9-16)23-21(2,22)19-12-10-18(11-13-19)17-6-4-3-5-7-17/h8-9,14-15,17-19H,3-7,10-13H2,1-2H3/t18?,19?,21-/m0/s1. The van der Waals surface area contributed by atoms with Crippen LogP contribution in [0, 0.1) is 24.7 Å². The second-order valence-electron chi connectivity index (χ2n) is 7.91. The van der Waals surface area contributed by atoms with Gasteiger partial charge in [0.25, 0.3) is 0 Å². The minimum absolute atomic E-state index is 0.0312. The van der Waals surface area contributed by atoms with Gasteiger partial charge in [-0.2, -0.15) is 4.39 Å². The van der Waals surface area contributed by atoms with Gasteiger partial charge in [0, 0.05) is 12.8 Å². The van der Waals surface area contributed by atoms with Crippen molar-refractivity contribution in [1.82, 2.24) is 0 Å². The summed E-state index contributed by atoms with van der Waals surface area (Å²) in [5.41, 5.74) is 1.17. The molecule has 0 saturated heterocycles. The van der Waals surface area contributed by atoms with E-state index in [1.807, 2.05) is 31.2 Å². The highest BCUT2D eigenvalue weighted by Gasteiger charge is 2.40. The van der Waals surface area contributed by atoms with Gasteiger partial charge in [0.05, 0.1) is 0 Å². The number of halogens is 1. The third-order valence-electron chi connectivity index (χ3n) is 6.16. The first-order valence-corrected chi connectivity index (χ1v) is 9.49. The molecule has 0 aromatic heterocycles. The van der Waals surface area contributed by atoms with Gasteiger partial charge in [0.15, 0.2) is 0 Å². The van der Waals surface area contributed by atoms with Gasteiger partial charge in [-0.15, -0.1) is 0 Å². The highest BCUT2D eigenvalue weighted by atomic mass is 19.2. The largest absolute Gasteiger partial charge is 0.458 e. The monoisotopic (exact) mass is 318 g/mol. The molecule has 1 atom stereocenters. The Morgan fingerprint density at radius 1 is 0.870 bits per heavy atom. The Hall–Kier alpha value is -1.05. The Morgan fingerprint density at radius 3 is 2.04 bits per heavy atom. The number of ether oxygens (including phenoxy) is 1. The van der Waals surface area contributed by atoms with Crippen molar-refractivity contribution in [2.75, 3.05) is 0 Å². The predicted molar refractivity (Wildman–Crippen MR) is 93.3 cm³/mol. The molecule has 2 aliphatic rings. The van der Waals surface area contributed by atoms with Gasteiger partial charge in [0.2, 0.25) is 5.85 Å². The summed E-state index contributed by atoms with van der Waals surface area (Å²) in [6.45, 7) is 3.66. The van der Waals surface area contributed by atoms with E-state index >= 15 is 4.39 Å². The van der Waals surface area contributed by atoms with Crippen LogP contribution in [0.4, 0.5) is 4.39 Å². The molecular weight excluding hydrogens is 287 g/mol. The molecule has 0 unspecified atom stereocenters. The van der Waals surface area contributed by atoms with Gasteiger partial charge >= 0.3 is 0 Å². The van der Waals surface area contributed by atoms with Crippen molar-refractivity contribution in [2.24, 2.45) is 17.8 Å². The molecule has 2 saturated carbocycles. The van der Waals surface area contributed by atoms with Crippen LogP contribution in [0.2, 0.25) is 0 Å². The van der Waals surface area contributed by atoms with E-state index in [4.69, 9.17) is 4.74 Å². The summed E-state index contributed by atoms with van der Waals surface area (Å²) in [5, 5.41) is 0. The molecule has 2 fully saturated rings. The fourth-order valence-corrected chi connectivity index (χ4v) is 4.63. The maximum atomic E-state index is 15.1. The van der Waals surface area contributed by atoms with E-state index in [0.29, 0.717) is 5.75 Å². The highest BCUT2D eigenvalue weighted by molar-refractivity contribution is 5.26. The van der Waals surface area contributed by atoms with Crippen molar-refractivity contribution < 1.29 is 9.13 Å². The lowest BCUT2D eigenvalue weighted by atomic mass is 9.70. The molecule has 1 nitrogen and oxygen atoms in total. The fourth-order valence-electron chi connectivity index (χ4n) is 4.63. The number of rotatable bonds is 4. The second kappa shape index (κ2) is 7.23. The molecule has 0 radical (unpaired) electrons. The van der Waals surface area contributed by atoms with E-state index in [1.165, 1.54) is 50.5 Å². The summed E-state index contributed by atoms with van der Waals surface area (Å²) in [6, 6.07) is 7.71. The Labute approximate surface area is 140 Å². The van der Waals surface area contributed by atoms with Gasteiger partial charge in [-0.1, -0.05) is 49.8 Å². The molecule has 0 N–H and O–H groups in total. The van der Waals surface area contributed by atoms with Crippen molar-refractivity contribution in [1.29, 1.82) is 0 Å². The summed E-state index contributed by atoms with van der Waals surface area (Å²) in [7, 11) is 0. The van der Waals surface area contributed by atoms with E-state index < -0.39 is 5.85 Å². The number of hydrogen-bond acceptors (Lipinski definition) is 1. The first kappa shape index (κ1) is 16.8. The second-order valence-corrected chi connectivity index (χ2v) is 7.91. The van der Waals surface area contributed by atoms with Crippen molar-refractivity contribution in [3.8, 4) is 5.75 Å². The first-order valence-electron chi connectivity index (χ1n) is 9.49. The molecule has 2 aliphatic carbocycles. The van der Waals surface area contributed by atoms with Crippen LogP contribution in [-0.4, -0.2) is 5.85 Å². The summed E-state index contributed by atoms with van der Waals surface area (Å²) in [6.07, 6.45) is 11.4. The number of hydrogen-bond donors (Lipinski definition) is 0. The predicted octanol–water partition coefficient (Wildman–Crippen LogP) is 6.45. The van der Waals surface area contributed by atoms with Gasteiger partial charge < -0.3 is 4.74 Å². The fraction of sp³-hybridized carbons (Fsp3) is 0.714. The zero-order valence-corrected chi connectivity index (χ0v) is 14.7. The highest BCUT2D eigenvalue weighted by Crippen LogP contribution is 2.44. The Bertz CT molecular complexity index is 479. The van der Waals surface area contributed by atoms with Gasteiger partial charge in [-0.25, -0.2) is 0 Å². The van der Waals surface area contributed by atoms with Crippen LogP contribution in [0.15, 0.2) is 24.3 Å². The maximum Gasteiger partial charge on any atom is 0.248 e. The summed E-state index contributed by atoms with van der Waals surface area (Å²) < 4.78 is 20.8. The van der Waals surface area contributed by atoms with E-state index in [0.717, 1.165) is 24.7 Å². The van der Waals surface area contributed by atoms with Crippen LogP contribution in [0.5, 0.6) is 5.75 Å². The molecule has 0 amide bonds. The zero-order valence-electron chi connectivity index (χ0n) is 14.7. The smallest absolute Gasteiger partial charge is 0.248 e. The zero-order chi connectivity index (χ0) is 16.3. The number of alkyl halides is 1. The van der Waals surface area contributed by atoms with Crippen molar-refractivity contribution >= 4 is 0 Å². The maximum absolute atomic E-state index is 15.1. The third kappa shape index (κ3) is 4.28. The Morgan fingerprint density at radius 2 is 1.43 bits per heavy atom. The van der Waals surface area contributed by atoms with E-state index in [9.17, 15) is 0 Å². The molecule has 0 heterocycles. The van der Waals surface area contributed by atoms with E-state index in [-0.39, 0.29) is 5.92 Å². The lowest BCUT2D eigenvalue weighted by Crippen LogP contribution is -2.39. The van der Waals surface area contributed by atoms with E-state index in [2.05, 4.69) is 0 Å².